The molecule has 0 aromatic heterocycles. The number of carboxylic acid groups (broad SMARTS) is 3. The first kappa shape index (κ1) is 31.4. The molecule has 14 heteroatoms. The summed E-state index contributed by atoms with van der Waals surface area (Å²) in [5.41, 5.74) is 0. The van der Waals surface area contributed by atoms with Crippen LogP contribution in [0.15, 0.2) is 0 Å². The Morgan fingerprint density at radius 1 is 0.719 bits per heavy atom. The molecule has 0 radical (unpaired) electrons. The molecule has 6 atom stereocenters. The average molecular weight is 493 g/mol. The number of nitrogens with one attached hydrogen (secondary N) is 4. The third-order valence-corrected chi connectivity index (χ3v) is 5.83. The summed E-state index contributed by atoms with van der Waals surface area (Å²) in [5.74, 6) is -3.47. The van der Waals surface area contributed by atoms with Gasteiger partial charge in [0.25, 0.3) is 0 Å². The molecule has 1 heterocycles. The van der Waals surface area contributed by atoms with Gasteiger partial charge >= 0.3 is 43.7 Å². The van der Waals surface area contributed by atoms with E-state index in [0.717, 1.165) is 9.80 Å². The molecule has 0 amide bonds. The van der Waals surface area contributed by atoms with E-state index >= 15 is 0 Å². The van der Waals surface area contributed by atoms with E-state index in [9.17, 15) is 45.0 Å². The Labute approximate surface area is 216 Å². The van der Waals surface area contributed by atoms with E-state index in [0.29, 0.717) is 62.2 Å². The number of carbonyl (C=O) groups excluding carboxylic acids is 2. The maximum absolute atomic E-state index is 11.3. The van der Waals surface area contributed by atoms with Crippen LogP contribution in [-0.4, -0.2) is 173 Å². The second-order valence-corrected chi connectivity index (χ2v) is 8.12. The van der Waals surface area contributed by atoms with Gasteiger partial charge in [-0.15, -0.1) is 0 Å². The Kier molecular flexibility index (Phi) is 16.6. The van der Waals surface area contributed by atoms with E-state index in [4.69, 9.17) is 0 Å². The first-order chi connectivity index (χ1) is 14.7. The third-order valence-electron chi connectivity index (χ3n) is 5.83. The van der Waals surface area contributed by atoms with Gasteiger partial charge in [0, 0.05) is 0 Å². The van der Waals surface area contributed by atoms with Crippen molar-refractivity contribution >= 4 is 55.6 Å². The summed E-state index contributed by atoms with van der Waals surface area (Å²) in [4.78, 5) is 36.3. The fourth-order valence-electron chi connectivity index (χ4n) is 4.06. The fourth-order valence-corrected chi connectivity index (χ4v) is 4.06. The summed E-state index contributed by atoms with van der Waals surface area (Å²) in [7, 11) is 0. The Morgan fingerprint density at radius 3 is 1.41 bits per heavy atom. The molecule has 1 aliphatic heterocycles. The quantitative estimate of drug-likeness (QED) is 0.137. The van der Waals surface area contributed by atoms with Gasteiger partial charge < -0.3 is 59.8 Å². The number of rotatable bonds is 10. The molecule has 0 aromatic carbocycles. The predicted molar refractivity (Wildman–Crippen MR) is 105 cm³/mol. The standard InChI is InChI=1S/C18H34N4O9.Ca/c23-12-14(15(25)13-24)22-7-5-20(10-17(28)29)3-1-19(9-16(26)27)2-4-21(6-8-22)11-18(30)31;/h14-15,23-25H,1-13H2,(H,26,27)(H,28,29)(H,30,31);/q;+2/p+2/t14-,15-;/m1./s1. The van der Waals surface area contributed by atoms with E-state index in [-0.39, 0.29) is 57.4 Å². The minimum Gasteiger partial charge on any atom is -0.544 e. The largest absolute Gasteiger partial charge is 2.00 e. The van der Waals surface area contributed by atoms with Crippen molar-refractivity contribution in [3.63, 3.8) is 0 Å². The third kappa shape index (κ3) is 12.6. The summed E-state index contributed by atoms with van der Waals surface area (Å²) < 4.78 is 0. The molecule has 0 saturated carbocycles. The molecule has 1 saturated heterocycles. The van der Waals surface area contributed by atoms with Crippen molar-refractivity contribution in [1.82, 2.24) is 0 Å². The zero-order valence-electron chi connectivity index (χ0n) is 18.4. The molecular weight excluding hydrogens is 456 g/mol. The number of hydrogen-bond acceptors (Lipinski definition) is 8. The van der Waals surface area contributed by atoms with Crippen LogP contribution in [0.1, 0.15) is 0 Å². The van der Waals surface area contributed by atoms with Crippen LogP contribution in [0.25, 0.3) is 0 Å². The van der Waals surface area contributed by atoms with Crippen LogP contribution in [0.4, 0.5) is 0 Å². The topological polar surface area (TPSA) is 196 Å². The molecule has 1 rings (SSSR count). The zero-order valence-corrected chi connectivity index (χ0v) is 20.6. The molecule has 8 N–H and O–H groups in total. The summed E-state index contributed by atoms with van der Waals surface area (Å²) in [6, 6.07) is -0.705. The second kappa shape index (κ2) is 16.9. The van der Waals surface area contributed by atoms with Crippen molar-refractivity contribution in [2.45, 2.75) is 12.1 Å². The summed E-state index contributed by atoms with van der Waals surface area (Å²) in [5, 5.41) is 60.6. The van der Waals surface area contributed by atoms with E-state index in [1.807, 2.05) is 0 Å². The van der Waals surface area contributed by atoms with Crippen molar-refractivity contribution < 1.29 is 64.6 Å². The molecular formula is C18H36CaN4O9+4. The zero-order chi connectivity index (χ0) is 23.4. The van der Waals surface area contributed by atoms with Gasteiger partial charge in [-0.1, -0.05) is 0 Å². The molecule has 1 fully saturated rings. The molecule has 0 aromatic rings. The Balaban J connectivity index is 0.00000961. The predicted octanol–water partition coefficient (Wildman–Crippen LogP) is -12.5. The monoisotopic (exact) mass is 492 g/mol. The second-order valence-electron chi connectivity index (χ2n) is 8.12. The van der Waals surface area contributed by atoms with Gasteiger partial charge in [0.1, 0.15) is 77.6 Å². The minimum absolute atomic E-state index is 0. The van der Waals surface area contributed by atoms with Gasteiger partial charge in [-0.3, -0.25) is 0 Å². The number of aliphatic hydroxyl groups excluding tert-OH is 3. The van der Waals surface area contributed by atoms with E-state index in [1.54, 1.807) is 0 Å². The molecule has 180 valence electrons. The average Bonchev–Trinajstić information content (AvgIpc) is 2.68. The van der Waals surface area contributed by atoms with Crippen LogP contribution >= 0.6 is 0 Å². The number of carboxylic acids is 3. The normalized spacial score (nSPS) is 27.1. The summed E-state index contributed by atoms with van der Waals surface area (Å²) in [6.07, 6.45) is -1.18. The van der Waals surface area contributed by atoms with Crippen molar-refractivity contribution in [3.8, 4) is 0 Å². The number of aliphatic carboxylic acids is 3. The summed E-state index contributed by atoms with van der Waals surface area (Å²) >= 11 is 0. The van der Waals surface area contributed by atoms with Crippen LogP contribution in [0.5, 0.6) is 0 Å². The Hall–Kier alpha value is -0.610. The summed E-state index contributed by atoms with van der Waals surface area (Å²) in [6.45, 7) is 1.29. The number of aliphatic hydroxyl groups is 3. The molecule has 32 heavy (non-hydrogen) atoms. The van der Waals surface area contributed by atoms with Crippen LogP contribution in [0.3, 0.4) is 0 Å². The number of quaternary nitrogens is 4. The fraction of sp³-hybridized carbons (Fsp3) is 0.833. The van der Waals surface area contributed by atoms with E-state index < -0.39 is 43.3 Å². The maximum atomic E-state index is 11.3. The van der Waals surface area contributed by atoms with Gasteiger partial charge in [-0.25, -0.2) is 4.79 Å². The Morgan fingerprint density at radius 2 is 1.09 bits per heavy atom. The van der Waals surface area contributed by atoms with Crippen molar-refractivity contribution in [3.05, 3.63) is 0 Å². The van der Waals surface area contributed by atoms with Gasteiger partial charge in [-0.2, -0.15) is 0 Å². The first-order valence-corrected chi connectivity index (χ1v) is 10.5. The van der Waals surface area contributed by atoms with Crippen LogP contribution in [0, 0.1) is 0 Å². The number of carbonyl (C=O) groups is 3. The van der Waals surface area contributed by atoms with E-state index in [1.165, 1.54) is 0 Å². The molecule has 0 spiro atoms. The van der Waals surface area contributed by atoms with Gasteiger partial charge in [0.2, 0.25) is 0 Å². The van der Waals surface area contributed by atoms with Gasteiger partial charge in [0.15, 0.2) is 6.54 Å². The van der Waals surface area contributed by atoms with Crippen LogP contribution in [0.2, 0.25) is 0 Å². The number of hydrogen-bond donors (Lipinski definition) is 8. The molecule has 13 nitrogen and oxygen atoms in total. The minimum atomic E-state index is -1.24. The smallest absolute Gasteiger partial charge is 0.544 e. The maximum Gasteiger partial charge on any atom is 2.00 e. The van der Waals surface area contributed by atoms with Crippen molar-refractivity contribution in [2.75, 3.05) is 85.2 Å². The van der Waals surface area contributed by atoms with Gasteiger partial charge in [0.05, 0.1) is 25.2 Å². The van der Waals surface area contributed by atoms with Crippen molar-refractivity contribution in [1.29, 1.82) is 0 Å². The molecule has 1 aliphatic rings. The van der Waals surface area contributed by atoms with Crippen molar-refractivity contribution in [2.24, 2.45) is 0 Å². The van der Waals surface area contributed by atoms with Gasteiger partial charge in [-0.05, 0) is 0 Å². The SMILES string of the molecule is O=C([O-])C[NH+]1CC[NH+](CC(=O)[O-])CC[NH+]([C@H](CO)[C@H](O)CO)CC[NH+](CC(=O)O)CC1.[Ca+2]. The Bertz CT molecular complexity index is 555. The van der Waals surface area contributed by atoms with Crippen LogP contribution < -0.4 is 29.8 Å². The molecule has 0 bridgehead atoms. The first-order valence-electron chi connectivity index (χ1n) is 10.5. The molecule has 0 aliphatic carbocycles. The molecule has 4 unspecified atom stereocenters. The van der Waals surface area contributed by atoms with E-state index in [2.05, 4.69) is 0 Å². The van der Waals surface area contributed by atoms with Crippen LogP contribution in [-0.2, 0) is 14.4 Å².